The maximum absolute atomic E-state index is 12.9. The number of ketones is 1. The van der Waals surface area contributed by atoms with Crippen LogP contribution in [-0.4, -0.2) is 46.8 Å². The summed E-state index contributed by atoms with van der Waals surface area (Å²) in [5, 5.41) is 3.56. The lowest BCUT2D eigenvalue weighted by Gasteiger charge is -2.15. The quantitative estimate of drug-likeness (QED) is 0.127. The largest absolute Gasteiger partial charge is 0.459 e. The van der Waals surface area contributed by atoms with Crippen LogP contribution in [0.5, 0.6) is 0 Å². The Hall–Kier alpha value is -4.71. The summed E-state index contributed by atoms with van der Waals surface area (Å²) in [6.07, 6.45) is -6.45. The molecular formula is C31H26ClF6N3O8S. The molecule has 0 amide bonds. The topological polar surface area (TPSA) is 148 Å². The monoisotopic (exact) mass is 749 g/mol. The lowest BCUT2D eigenvalue weighted by Crippen LogP contribution is -2.40. The van der Waals surface area contributed by atoms with Crippen molar-refractivity contribution in [1.82, 2.24) is 14.3 Å². The van der Waals surface area contributed by atoms with Gasteiger partial charge in [0.05, 0.1) is 44.6 Å². The van der Waals surface area contributed by atoms with Gasteiger partial charge in [0.2, 0.25) is 0 Å². The maximum Gasteiger partial charge on any atom is 0.431 e. The fraction of sp³-hybridized carbons (Fsp3) is 0.323. The predicted molar refractivity (Wildman–Crippen MR) is 164 cm³/mol. The smallest absolute Gasteiger partial charge is 0.431 e. The average molecular weight is 750 g/mol. The second-order valence-electron chi connectivity index (χ2n) is 11.3. The van der Waals surface area contributed by atoms with Crippen molar-refractivity contribution >= 4 is 33.2 Å². The van der Waals surface area contributed by atoms with E-state index in [2.05, 4.69) is 5.16 Å². The van der Waals surface area contributed by atoms with Gasteiger partial charge in [-0.3, -0.25) is 14.2 Å². The molecule has 0 radical (unpaired) electrons. The van der Waals surface area contributed by atoms with Gasteiger partial charge in [-0.2, -0.15) is 26.3 Å². The van der Waals surface area contributed by atoms with Gasteiger partial charge in [-0.25, -0.2) is 22.6 Å². The van der Waals surface area contributed by atoms with E-state index in [9.17, 15) is 53.9 Å². The first-order valence-electron chi connectivity index (χ1n) is 14.3. The van der Waals surface area contributed by atoms with Gasteiger partial charge in [-0.15, -0.1) is 0 Å². The van der Waals surface area contributed by atoms with E-state index in [4.69, 9.17) is 20.9 Å². The molecule has 19 heteroatoms. The molecule has 2 aromatic heterocycles. The number of hydrogen-bond acceptors (Lipinski definition) is 9. The van der Waals surface area contributed by atoms with Gasteiger partial charge in [-0.05, 0) is 63.1 Å². The number of rotatable bonds is 7. The zero-order chi connectivity index (χ0) is 37.5. The minimum Gasteiger partial charge on any atom is -0.459 e. The molecule has 0 saturated heterocycles. The summed E-state index contributed by atoms with van der Waals surface area (Å²) < 4.78 is 112. The Morgan fingerprint density at radius 1 is 0.960 bits per heavy atom. The molecule has 268 valence electrons. The molecule has 0 spiro atoms. The van der Waals surface area contributed by atoms with Crippen LogP contribution in [-0.2, 0) is 34.0 Å². The SMILES string of the molecule is CC(C)OC(=O)c1cc(-n2c(=O)cc(C(F)(F)F)n(C)c2=O)ccc1Cl.CS(=O)(=O)c1cc(C(F)(F)F)ccc1C(=O)c1cnoc1C1CC1. The van der Waals surface area contributed by atoms with Crippen LogP contribution < -0.4 is 11.2 Å². The molecule has 11 nitrogen and oxygen atoms in total. The molecule has 5 rings (SSSR count). The van der Waals surface area contributed by atoms with Crippen LogP contribution in [0.25, 0.3) is 5.69 Å². The van der Waals surface area contributed by atoms with Crippen molar-refractivity contribution in [1.29, 1.82) is 0 Å². The number of aromatic nitrogens is 3. The lowest BCUT2D eigenvalue weighted by atomic mass is 10.0. The third-order valence-electron chi connectivity index (χ3n) is 7.13. The first-order valence-corrected chi connectivity index (χ1v) is 16.6. The van der Waals surface area contributed by atoms with Crippen molar-refractivity contribution in [3.63, 3.8) is 0 Å². The summed E-state index contributed by atoms with van der Waals surface area (Å²) in [5.41, 5.74) is -5.38. The highest BCUT2D eigenvalue weighted by Crippen LogP contribution is 2.42. The molecule has 1 saturated carbocycles. The van der Waals surface area contributed by atoms with Crippen LogP contribution in [0.2, 0.25) is 5.02 Å². The predicted octanol–water partition coefficient (Wildman–Crippen LogP) is 5.98. The second kappa shape index (κ2) is 13.9. The highest BCUT2D eigenvalue weighted by Gasteiger charge is 2.37. The lowest BCUT2D eigenvalue weighted by molar-refractivity contribution is -0.144. The molecule has 1 fully saturated rings. The minimum atomic E-state index is -4.86. The number of nitrogens with zero attached hydrogens (tertiary/aromatic N) is 3. The third kappa shape index (κ3) is 8.35. The van der Waals surface area contributed by atoms with Crippen molar-refractivity contribution in [3.05, 3.63) is 108 Å². The van der Waals surface area contributed by atoms with E-state index in [0.717, 1.165) is 38.3 Å². The Bertz CT molecular complexity index is 2200. The summed E-state index contributed by atoms with van der Waals surface area (Å²) >= 11 is 5.94. The van der Waals surface area contributed by atoms with Crippen molar-refractivity contribution in [3.8, 4) is 5.69 Å². The van der Waals surface area contributed by atoms with Gasteiger partial charge < -0.3 is 9.26 Å². The number of alkyl halides is 6. The van der Waals surface area contributed by atoms with Crippen molar-refractivity contribution in [2.24, 2.45) is 7.05 Å². The van der Waals surface area contributed by atoms with E-state index in [1.165, 1.54) is 18.3 Å². The van der Waals surface area contributed by atoms with E-state index in [1.807, 2.05) is 0 Å². The van der Waals surface area contributed by atoms with E-state index < -0.39 is 67.4 Å². The fourth-order valence-corrected chi connectivity index (χ4v) is 5.71. The Labute approximate surface area is 283 Å². The van der Waals surface area contributed by atoms with Crippen LogP contribution in [0.15, 0.2) is 67.7 Å². The highest BCUT2D eigenvalue weighted by molar-refractivity contribution is 7.90. The van der Waals surface area contributed by atoms with Gasteiger partial charge in [0.1, 0.15) is 5.69 Å². The number of sulfone groups is 1. The highest BCUT2D eigenvalue weighted by atomic mass is 35.5. The standard InChI is InChI=1S/C16H14ClF3N2O4.C15H12F3NO4S/c1-8(2)26-14(24)10-6-9(4-5-11(10)17)22-13(23)7-12(16(18,19)20)21(3)15(22)25;1-24(21,22)12-6-9(15(16,17)18)4-5-10(12)13(20)11-7-19-23-14(11)8-2-3-8/h4-8H,1-3H3;4-8H,2-3H2,1H3. The van der Waals surface area contributed by atoms with Gasteiger partial charge in [0, 0.05) is 30.9 Å². The van der Waals surface area contributed by atoms with Crippen LogP contribution in [0.1, 0.15) is 75.9 Å². The molecule has 0 atom stereocenters. The number of hydrogen-bond donors (Lipinski definition) is 0. The summed E-state index contributed by atoms with van der Waals surface area (Å²) in [7, 11) is -3.15. The molecule has 2 aromatic carbocycles. The molecule has 1 aliphatic rings. The maximum atomic E-state index is 12.9. The number of carbonyl (C=O) groups is 2. The molecule has 4 aromatic rings. The Balaban J connectivity index is 0.000000225. The van der Waals surface area contributed by atoms with E-state index in [-0.39, 0.29) is 33.3 Å². The zero-order valence-corrected chi connectivity index (χ0v) is 27.9. The van der Waals surface area contributed by atoms with Crippen molar-refractivity contribution in [2.75, 3.05) is 6.26 Å². The van der Waals surface area contributed by atoms with Crippen molar-refractivity contribution < 1.29 is 53.6 Å². The molecule has 0 unspecified atom stereocenters. The van der Waals surface area contributed by atoms with Crippen LogP contribution >= 0.6 is 11.6 Å². The molecule has 2 heterocycles. The molecular weight excluding hydrogens is 724 g/mol. The minimum absolute atomic E-state index is 0.0104. The molecule has 50 heavy (non-hydrogen) atoms. The number of esters is 1. The fourth-order valence-electron chi connectivity index (χ4n) is 4.62. The van der Waals surface area contributed by atoms with E-state index >= 15 is 0 Å². The van der Waals surface area contributed by atoms with E-state index in [1.54, 1.807) is 13.8 Å². The van der Waals surface area contributed by atoms with Gasteiger partial charge in [-0.1, -0.05) is 16.8 Å². The normalized spacial score (nSPS) is 13.5. The molecule has 0 aliphatic heterocycles. The van der Waals surface area contributed by atoms with Gasteiger partial charge >= 0.3 is 24.0 Å². The summed E-state index contributed by atoms with van der Waals surface area (Å²) in [6.45, 7) is 3.23. The Morgan fingerprint density at radius 2 is 1.60 bits per heavy atom. The van der Waals surface area contributed by atoms with E-state index in [0.29, 0.717) is 33.1 Å². The second-order valence-corrected chi connectivity index (χ2v) is 13.7. The summed E-state index contributed by atoms with van der Waals surface area (Å²) in [4.78, 5) is 48.4. The molecule has 0 bridgehead atoms. The first kappa shape index (κ1) is 38.1. The number of benzene rings is 2. The Kier molecular flexibility index (Phi) is 10.6. The molecule has 1 aliphatic carbocycles. The summed E-state index contributed by atoms with van der Waals surface area (Å²) in [5.74, 6) is -1.11. The zero-order valence-electron chi connectivity index (χ0n) is 26.3. The van der Waals surface area contributed by atoms with Crippen molar-refractivity contribution in [2.45, 2.75) is 56.0 Å². The van der Waals surface area contributed by atoms with Crippen LogP contribution in [0, 0.1) is 0 Å². The average Bonchev–Trinajstić information content (AvgIpc) is 3.73. The van der Waals surface area contributed by atoms with Crippen LogP contribution in [0.4, 0.5) is 26.3 Å². The Morgan fingerprint density at radius 3 is 2.14 bits per heavy atom. The van der Waals surface area contributed by atoms with Gasteiger partial charge in [0.25, 0.3) is 5.56 Å². The first-order chi connectivity index (χ1) is 23.0. The number of ether oxygens (including phenoxy) is 1. The summed E-state index contributed by atoms with van der Waals surface area (Å²) in [6, 6.07) is 5.96. The number of carbonyl (C=O) groups excluding carboxylic acids is 2. The number of halogens is 7. The van der Waals surface area contributed by atoms with Gasteiger partial charge in [0.15, 0.2) is 21.4 Å². The van der Waals surface area contributed by atoms with Crippen LogP contribution in [0.3, 0.4) is 0 Å². The molecule has 0 N–H and O–H groups in total. The third-order valence-corrected chi connectivity index (χ3v) is 8.59.